The minimum absolute atomic E-state index is 0.616. The van der Waals surface area contributed by atoms with Crippen LogP contribution in [-0.4, -0.2) is 32.1 Å². The summed E-state index contributed by atoms with van der Waals surface area (Å²) >= 11 is 0. The molecule has 0 aliphatic heterocycles. The van der Waals surface area contributed by atoms with Gasteiger partial charge in [0.1, 0.15) is 0 Å². The van der Waals surface area contributed by atoms with E-state index in [9.17, 15) is 0 Å². The van der Waals surface area contributed by atoms with Crippen LogP contribution in [0.25, 0.3) is 5.65 Å². The summed E-state index contributed by atoms with van der Waals surface area (Å²) in [4.78, 5) is 6.14. The number of fused-ring (bicyclic) bond motifs is 1. The lowest BCUT2D eigenvalue weighted by atomic mass is 10.2. The number of nitrogens with zero attached hydrogens (tertiary/aromatic N) is 6. The molecule has 2 heterocycles. The molecule has 0 saturated heterocycles. The molecule has 0 bridgehead atoms. The fraction of sp³-hybridized carbons (Fsp3) is 0.167. The highest BCUT2D eigenvalue weighted by Crippen LogP contribution is 2.17. The third kappa shape index (κ3) is 2.05. The summed E-state index contributed by atoms with van der Waals surface area (Å²) in [6.45, 7) is 0.660. The van der Waals surface area contributed by atoms with Gasteiger partial charge in [-0.2, -0.15) is 4.52 Å². The third-order valence-electron chi connectivity index (χ3n) is 2.94. The molecule has 7 nitrogen and oxygen atoms in total. The Morgan fingerprint density at radius 3 is 2.95 bits per heavy atom. The molecular formula is C12H13N7. The summed E-state index contributed by atoms with van der Waals surface area (Å²) < 4.78 is 1.64. The van der Waals surface area contributed by atoms with Crippen molar-refractivity contribution >= 4 is 17.2 Å². The molecule has 2 N–H and O–H groups in total. The van der Waals surface area contributed by atoms with E-state index >= 15 is 0 Å². The number of hydrogen-bond acceptors (Lipinski definition) is 6. The van der Waals surface area contributed by atoms with E-state index in [-0.39, 0.29) is 0 Å². The van der Waals surface area contributed by atoms with Crippen molar-refractivity contribution in [2.24, 2.45) is 0 Å². The molecule has 0 saturated carbocycles. The standard InChI is InChI=1S/C12H13N7/c1-18(8-9-4-2-3-5-10(9)13)12-7-14-6-11-15-16-17-19(11)12/h2-7H,8,13H2,1H3. The second kappa shape index (κ2) is 4.52. The Hall–Kier alpha value is -2.70. The number of anilines is 2. The normalized spacial score (nSPS) is 10.8. The van der Waals surface area contributed by atoms with Crippen LogP contribution in [0.15, 0.2) is 36.7 Å². The fourth-order valence-corrected chi connectivity index (χ4v) is 1.94. The molecule has 7 heteroatoms. The van der Waals surface area contributed by atoms with Crippen LogP contribution in [0.1, 0.15) is 5.56 Å². The van der Waals surface area contributed by atoms with Gasteiger partial charge in [-0.15, -0.1) is 5.10 Å². The van der Waals surface area contributed by atoms with Crippen molar-refractivity contribution in [3.63, 3.8) is 0 Å². The van der Waals surface area contributed by atoms with Crippen LogP contribution in [0, 0.1) is 0 Å². The van der Waals surface area contributed by atoms with Crippen LogP contribution in [0.2, 0.25) is 0 Å². The van der Waals surface area contributed by atoms with E-state index in [2.05, 4.69) is 20.5 Å². The molecule has 0 atom stereocenters. The molecule has 0 amide bonds. The van der Waals surface area contributed by atoms with Crippen molar-refractivity contribution < 1.29 is 0 Å². The van der Waals surface area contributed by atoms with Crippen LogP contribution >= 0.6 is 0 Å². The van der Waals surface area contributed by atoms with Crippen molar-refractivity contribution in [1.29, 1.82) is 0 Å². The summed E-state index contributed by atoms with van der Waals surface area (Å²) in [5.74, 6) is 0.811. The van der Waals surface area contributed by atoms with Gasteiger partial charge >= 0.3 is 0 Å². The summed E-state index contributed by atoms with van der Waals surface area (Å²) in [6.07, 6.45) is 3.34. The molecule has 0 aliphatic rings. The van der Waals surface area contributed by atoms with E-state index in [0.717, 1.165) is 17.1 Å². The van der Waals surface area contributed by atoms with Crippen molar-refractivity contribution in [2.45, 2.75) is 6.54 Å². The van der Waals surface area contributed by atoms with Crippen LogP contribution in [0.4, 0.5) is 11.5 Å². The molecule has 3 aromatic rings. The molecule has 0 unspecified atom stereocenters. The summed E-state index contributed by atoms with van der Waals surface area (Å²) in [7, 11) is 1.95. The molecule has 19 heavy (non-hydrogen) atoms. The molecular weight excluding hydrogens is 242 g/mol. The second-order valence-electron chi connectivity index (χ2n) is 4.27. The number of nitrogen functional groups attached to an aromatic ring is 1. The first kappa shape index (κ1) is 11.4. The van der Waals surface area contributed by atoms with Gasteiger partial charge in [-0.1, -0.05) is 18.2 Å². The van der Waals surface area contributed by atoms with Crippen molar-refractivity contribution in [2.75, 3.05) is 17.7 Å². The Balaban J connectivity index is 1.94. The van der Waals surface area contributed by atoms with Crippen molar-refractivity contribution in [3.8, 4) is 0 Å². The highest BCUT2D eigenvalue weighted by Gasteiger charge is 2.10. The Morgan fingerprint density at radius 2 is 2.11 bits per heavy atom. The van der Waals surface area contributed by atoms with E-state index < -0.39 is 0 Å². The lowest BCUT2D eigenvalue weighted by molar-refractivity contribution is 0.783. The first-order chi connectivity index (χ1) is 9.25. The van der Waals surface area contributed by atoms with E-state index in [1.165, 1.54) is 0 Å². The number of benzene rings is 1. The molecule has 0 aliphatic carbocycles. The zero-order chi connectivity index (χ0) is 13.2. The Labute approximate surface area is 109 Å². The lowest BCUT2D eigenvalue weighted by Gasteiger charge is -2.19. The number of nitrogens with two attached hydrogens (primary N) is 1. The SMILES string of the molecule is CN(Cc1ccccc1N)c1cncc2nnnn12. The molecule has 0 radical (unpaired) electrons. The van der Waals surface area contributed by atoms with Gasteiger partial charge in [0.05, 0.1) is 12.4 Å². The maximum Gasteiger partial charge on any atom is 0.199 e. The van der Waals surface area contributed by atoms with Crippen molar-refractivity contribution in [3.05, 3.63) is 42.2 Å². The minimum atomic E-state index is 0.616. The van der Waals surface area contributed by atoms with Gasteiger partial charge < -0.3 is 10.6 Å². The predicted octanol–water partition coefficient (Wildman–Crippen LogP) is 0.738. The van der Waals surface area contributed by atoms with Gasteiger partial charge in [0.2, 0.25) is 0 Å². The zero-order valence-corrected chi connectivity index (χ0v) is 10.4. The fourth-order valence-electron chi connectivity index (χ4n) is 1.94. The molecule has 2 aromatic heterocycles. The third-order valence-corrected chi connectivity index (χ3v) is 2.94. The van der Waals surface area contributed by atoms with E-state index in [0.29, 0.717) is 12.2 Å². The first-order valence-corrected chi connectivity index (χ1v) is 5.82. The van der Waals surface area contributed by atoms with Gasteiger partial charge in [0.25, 0.3) is 0 Å². The molecule has 0 spiro atoms. The second-order valence-corrected chi connectivity index (χ2v) is 4.27. The van der Waals surface area contributed by atoms with Gasteiger partial charge in [0, 0.05) is 19.3 Å². The average Bonchev–Trinajstić information content (AvgIpc) is 2.89. The molecule has 0 fully saturated rings. The number of hydrogen-bond donors (Lipinski definition) is 1. The largest absolute Gasteiger partial charge is 0.398 e. The van der Waals surface area contributed by atoms with Crippen LogP contribution < -0.4 is 10.6 Å². The monoisotopic (exact) mass is 255 g/mol. The maximum absolute atomic E-state index is 5.95. The lowest BCUT2D eigenvalue weighted by Crippen LogP contribution is -2.20. The van der Waals surface area contributed by atoms with Crippen LogP contribution in [-0.2, 0) is 6.54 Å². The number of aromatic nitrogens is 5. The number of rotatable bonds is 3. The van der Waals surface area contributed by atoms with Crippen LogP contribution in [0.3, 0.4) is 0 Å². The highest BCUT2D eigenvalue weighted by atomic mass is 15.5. The quantitative estimate of drug-likeness (QED) is 0.695. The highest BCUT2D eigenvalue weighted by molar-refractivity contribution is 5.51. The Morgan fingerprint density at radius 1 is 1.26 bits per heavy atom. The van der Waals surface area contributed by atoms with Crippen LogP contribution in [0.5, 0.6) is 0 Å². The van der Waals surface area contributed by atoms with Gasteiger partial charge in [-0.05, 0) is 22.1 Å². The maximum atomic E-state index is 5.95. The zero-order valence-electron chi connectivity index (χ0n) is 10.4. The summed E-state index contributed by atoms with van der Waals surface area (Å²) in [5.41, 5.74) is 8.39. The summed E-state index contributed by atoms with van der Waals surface area (Å²) in [6, 6.07) is 7.77. The molecule has 3 rings (SSSR count). The van der Waals surface area contributed by atoms with Gasteiger partial charge in [-0.25, -0.2) is 0 Å². The Kier molecular flexibility index (Phi) is 2.71. The molecule has 1 aromatic carbocycles. The topological polar surface area (TPSA) is 85.2 Å². The van der Waals surface area contributed by atoms with E-state index in [4.69, 9.17) is 5.73 Å². The van der Waals surface area contributed by atoms with Gasteiger partial charge in [0.15, 0.2) is 11.5 Å². The van der Waals surface area contributed by atoms with E-state index in [1.54, 1.807) is 16.9 Å². The van der Waals surface area contributed by atoms with E-state index in [1.807, 2.05) is 36.2 Å². The number of tetrazole rings is 1. The summed E-state index contributed by atoms with van der Waals surface area (Å²) in [5, 5.41) is 11.5. The van der Waals surface area contributed by atoms with Gasteiger partial charge in [-0.3, -0.25) is 4.98 Å². The average molecular weight is 255 g/mol. The minimum Gasteiger partial charge on any atom is -0.398 e. The number of para-hydroxylation sites is 1. The van der Waals surface area contributed by atoms with Crippen molar-refractivity contribution in [1.82, 2.24) is 25.0 Å². The smallest absolute Gasteiger partial charge is 0.199 e. The predicted molar refractivity (Wildman–Crippen MR) is 71.5 cm³/mol. The Bertz CT molecular complexity index is 706. The first-order valence-electron chi connectivity index (χ1n) is 5.82. The molecule has 96 valence electrons.